The molecule has 0 aromatic carbocycles. The van der Waals surface area contributed by atoms with Gasteiger partial charge in [-0.2, -0.15) is 0 Å². The molecule has 27 heavy (non-hydrogen) atoms. The summed E-state index contributed by atoms with van der Waals surface area (Å²) in [6, 6.07) is 0. The maximum atomic E-state index is 7.00. The van der Waals surface area contributed by atoms with E-state index < -0.39 is 0 Å². The summed E-state index contributed by atoms with van der Waals surface area (Å²) >= 11 is 14.0. The normalized spacial score (nSPS) is 52.1. The van der Waals surface area contributed by atoms with Crippen LogP contribution in [-0.4, -0.2) is 4.57 Å². The molecule has 8 saturated carbocycles. The number of halogens is 2. The molecule has 8 fully saturated rings. The number of rotatable bonds is 2. The first-order valence-corrected chi connectivity index (χ1v) is 12.3. The number of aromatic nitrogens is 2. The van der Waals surface area contributed by atoms with Gasteiger partial charge in [0.05, 0.1) is 0 Å². The van der Waals surface area contributed by atoms with Gasteiger partial charge in [0.1, 0.15) is 11.1 Å². The smallest absolute Gasteiger partial charge is 0.214 e. The Labute approximate surface area is 172 Å². The van der Waals surface area contributed by atoms with Crippen LogP contribution < -0.4 is 4.57 Å². The van der Waals surface area contributed by atoms with Crippen LogP contribution in [0.15, 0.2) is 6.33 Å². The van der Waals surface area contributed by atoms with Crippen LogP contribution in [0, 0.1) is 35.5 Å². The van der Waals surface area contributed by atoms with Crippen molar-refractivity contribution in [2.45, 2.75) is 88.1 Å². The van der Waals surface area contributed by atoms with Crippen LogP contribution in [0.4, 0.5) is 0 Å². The molecule has 0 N–H and O–H groups in total. The maximum Gasteiger partial charge on any atom is 0.255 e. The zero-order chi connectivity index (χ0) is 18.0. The van der Waals surface area contributed by atoms with E-state index in [0.717, 1.165) is 45.8 Å². The van der Waals surface area contributed by atoms with Crippen molar-refractivity contribution in [3.8, 4) is 0 Å². The average Bonchev–Trinajstić information content (AvgIpc) is 2.89. The Bertz CT molecular complexity index is 674. The second kappa shape index (κ2) is 5.28. The number of hydrogen-bond acceptors (Lipinski definition) is 0. The van der Waals surface area contributed by atoms with Gasteiger partial charge in [0.15, 0.2) is 0 Å². The number of imidazole rings is 1. The van der Waals surface area contributed by atoms with Gasteiger partial charge in [-0.25, -0.2) is 9.13 Å². The molecule has 0 amide bonds. The predicted octanol–water partition coefficient (Wildman–Crippen LogP) is 5.93. The predicted molar refractivity (Wildman–Crippen MR) is 107 cm³/mol. The van der Waals surface area contributed by atoms with E-state index in [2.05, 4.69) is 15.5 Å². The molecule has 0 saturated heterocycles. The average molecular weight is 406 g/mol. The van der Waals surface area contributed by atoms with Crippen LogP contribution in [0.25, 0.3) is 0 Å². The Morgan fingerprint density at radius 1 is 0.704 bits per heavy atom. The largest absolute Gasteiger partial charge is 0.255 e. The molecule has 1 heterocycles. The fourth-order valence-corrected chi connectivity index (χ4v) is 10.4. The Hall–Kier alpha value is -0.210. The third-order valence-corrected chi connectivity index (χ3v) is 10.7. The molecule has 0 aliphatic heterocycles. The Kier molecular flexibility index (Phi) is 3.24. The van der Waals surface area contributed by atoms with Crippen molar-refractivity contribution in [1.82, 2.24) is 4.57 Å². The zero-order valence-electron chi connectivity index (χ0n) is 16.2. The molecule has 8 aliphatic rings. The van der Waals surface area contributed by atoms with Gasteiger partial charge in [-0.15, -0.1) is 0 Å². The summed E-state index contributed by atoms with van der Waals surface area (Å²) in [5.74, 6) is 5.59. The summed E-state index contributed by atoms with van der Waals surface area (Å²) in [6.07, 6.45) is 19.3. The third-order valence-electron chi connectivity index (χ3n) is 9.86. The first-order valence-electron chi connectivity index (χ1n) is 11.5. The van der Waals surface area contributed by atoms with Crippen molar-refractivity contribution in [2.75, 3.05) is 0 Å². The fourth-order valence-electron chi connectivity index (χ4n) is 9.80. The summed E-state index contributed by atoms with van der Waals surface area (Å²) in [5.41, 5.74) is 0.534. The van der Waals surface area contributed by atoms with E-state index >= 15 is 0 Å². The maximum absolute atomic E-state index is 7.00. The summed E-state index contributed by atoms with van der Waals surface area (Å²) in [5, 5.41) is 1.68. The molecule has 8 bridgehead atoms. The van der Waals surface area contributed by atoms with Gasteiger partial charge in [-0.05, 0) is 136 Å². The van der Waals surface area contributed by atoms with E-state index in [0.29, 0.717) is 0 Å². The minimum atomic E-state index is 0.267. The minimum Gasteiger partial charge on any atom is -0.214 e. The van der Waals surface area contributed by atoms with Gasteiger partial charge in [0, 0.05) is 0 Å². The van der Waals surface area contributed by atoms with Crippen molar-refractivity contribution in [1.29, 1.82) is 0 Å². The molecule has 8 aliphatic carbocycles. The van der Waals surface area contributed by atoms with Gasteiger partial charge in [0.2, 0.25) is 6.33 Å². The lowest BCUT2D eigenvalue weighted by Crippen LogP contribution is -2.64. The lowest BCUT2D eigenvalue weighted by atomic mass is 9.53. The van der Waals surface area contributed by atoms with Gasteiger partial charge >= 0.3 is 0 Å². The van der Waals surface area contributed by atoms with Gasteiger partial charge in [-0.1, -0.05) is 0 Å². The third kappa shape index (κ3) is 2.18. The second-order valence-electron chi connectivity index (χ2n) is 11.7. The number of nitrogens with zero attached hydrogens (tertiary/aromatic N) is 2. The topological polar surface area (TPSA) is 8.81 Å². The summed E-state index contributed by atoms with van der Waals surface area (Å²) < 4.78 is 4.97. The fraction of sp³-hybridized carbons (Fsp3) is 0.870. The molecule has 1 aromatic heterocycles. The zero-order valence-corrected chi connectivity index (χ0v) is 17.7. The van der Waals surface area contributed by atoms with Crippen LogP contribution in [0.1, 0.15) is 77.0 Å². The molecule has 0 spiro atoms. The molecule has 1 aromatic rings. The van der Waals surface area contributed by atoms with Crippen molar-refractivity contribution in [3.63, 3.8) is 0 Å². The minimum absolute atomic E-state index is 0.267. The van der Waals surface area contributed by atoms with Crippen LogP contribution >= 0.6 is 23.2 Å². The molecule has 9 rings (SSSR count). The SMILES string of the molecule is Clc1c(Cl)[n+](C23CC4CC(CC(C4)C2)C3)cn1C12CC3CC(CC(C3)C1)C2. The molecule has 0 radical (unpaired) electrons. The van der Waals surface area contributed by atoms with Crippen LogP contribution in [0.3, 0.4) is 0 Å². The van der Waals surface area contributed by atoms with Crippen molar-refractivity contribution in [3.05, 3.63) is 16.6 Å². The molecule has 146 valence electrons. The van der Waals surface area contributed by atoms with Gasteiger partial charge < -0.3 is 0 Å². The van der Waals surface area contributed by atoms with Gasteiger partial charge in [-0.3, -0.25) is 0 Å². The van der Waals surface area contributed by atoms with Crippen molar-refractivity contribution < 1.29 is 4.57 Å². The van der Waals surface area contributed by atoms with Crippen LogP contribution in [0.5, 0.6) is 0 Å². The number of hydrogen-bond donors (Lipinski definition) is 0. The Balaban J connectivity index is 1.33. The molecular formula is C23H31Cl2N2+. The lowest BCUT2D eigenvalue weighted by molar-refractivity contribution is -0.774. The van der Waals surface area contributed by atoms with Crippen LogP contribution in [0.2, 0.25) is 10.3 Å². The molecule has 0 unspecified atom stereocenters. The molecule has 4 heteroatoms. The first-order chi connectivity index (χ1) is 13.0. The Morgan fingerprint density at radius 2 is 1.11 bits per heavy atom. The standard InChI is InChI=1S/C23H31Cl2N2/c24-20-21(25)27(23-10-17-4-18(11-23)6-19(5-17)12-23)13-26(20)22-7-14-1-15(8-22)3-16(2-14)9-22/h13-19H,1-12H2/q+1. The quantitative estimate of drug-likeness (QED) is 0.538. The Morgan fingerprint density at radius 3 is 1.56 bits per heavy atom. The highest BCUT2D eigenvalue weighted by Crippen LogP contribution is 2.60. The second-order valence-corrected chi connectivity index (χ2v) is 12.4. The molecule has 2 nitrogen and oxygen atoms in total. The summed E-state index contributed by atoms with van der Waals surface area (Å²) in [6.45, 7) is 0. The van der Waals surface area contributed by atoms with E-state index in [-0.39, 0.29) is 11.1 Å². The van der Waals surface area contributed by atoms with E-state index in [1.165, 1.54) is 77.0 Å². The van der Waals surface area contributed by atoms with Crippen LogP contribution in [-0.2, 0) is 11.1 Å². The highest BCUT2D eigenvalue weighted by molar-refractivity contribution is 6.39. The van der Waals surface area contributed by atoms with Gasteiger partial charge in [0.25, 0.3) is 10.3 Å². The summed E-state index contributed by atoms with van der Waals surface area (Å²) in [4.78, 5) is 0. The highest BCUT2D eigenvalue weighted by atomic mass is 35.5. The van der Waals surface area contributed by atoms with Crippen molar-refractivity contribution in [2.24, 2.45) is 35.5 Å². The molecular weight excluding hydrogens is 375 g/mol. The summed E-state index contributed by atoms with van der Waals surface area (Å²) in [7, 11) is 0. The van der Waals surface area contributed by atoms with E-state index in [4.69, 9.17) is 23.2 Å². The monoisotopic (exact) mass is 405 g/mol. The highest BCUT2D eigenvalue weighted by Gasteiger charge is 2.59. The van der Waals surface area contributed by atoms with E-state index in [9.17, 15) is 0 Å². The lowest BCUT2D eigenvalue weighted by Gasteiger charge is -2.55. The first kappa shape index (κ1) is 16.6. The van der Waals surface area contributed by atoms with Crippen molar-refractivity contribution >= 4 is 23.2 Å². The van der Waals surface area contributed by atoms with E-state index in [1.807, 2.05) is 0 Å². The van der Waals surface area contributed by atoms with E-state index in [1.54, 1.807) is 0 Å². The molecule has 0 atom stereocenters.